The summed E-state index contributed by atoms with van der Waals surface area (Å²) in [6.45, 7) is 0. The van der Waals surface area contributed by atoms with E-state index in [1.165, 1.54) is 0 Å². The van der Waals surface area contributed by atoms with Gasteiger partial charge in [0.1, 0.15) is 16.9 Å². The zero-order valence-electron chi connectivity index (χ0n) is 14.5. The Kier molecular flexibility index (Phi) is 3.20. The molecule has 0 spiro atoms. The highest BCUT2D eigenvalue weighted by molar-refractivity contribution is 7.13. The molecule has 0 fully saturated rings. The van der Waals surface area contributed by atoms with E-state index in [1.54, 1.807) is 23.7 Å². The molecule has 0 atom stereocenters. The second-order valence-corrected chi connectivity index (χ2v) is 7.39. The first-order chi connectivity index (χ1) is 13.9. The molecule has 0 radical (unpaired) electrons. The van der Waals surface area contributed by atoms with E-state index < -0.39 is 0 Å². The molecule has 134 valence electrons. The predicted molar refractivity (Wildman–Crippen MR) is 110 cm³/mol. The number of nitrogens with zero attached hydrogens (tertiary/aromatic N) is 4. The van der Waals surface area contributed by atoms with Crippen LogP contribution in [-0.2, 0) is 0 Å². The van der Waals surface area contributed by atoms with Crippen molar-refractivity contribution < 1.29 is 0 Å². The van der Waals surface area contributed by atoms with Crippen molar-refractivity contribution in [1.29, 1.82) is 0 Å². The normalized spacial score (nSPS) is 11.6. The monoisotopic (exact) mass is 383 g/mol. The average Bonchev–Trinajstić information content (AvgIpc) is 3.53. The lowest BCUT2D eigenvalue weighted by Crippen LogP contribution is -1.83. The molecule has 5 aromatic heterocycles. The second-order valence-electron chi connectivity index (χ2n) is 6.44. The van der Waals surface area contributed by atoms with E-state index in [-0.39, 0.29) is 0 Å². The number of pyridine rings is 1. The summed E-state index contributed by atoms with van der Waals surface area (Å²) in [7, 11) is 0. The Labute approximate surface area is 162 Å². The van der Waals surface area contributed by atoms with Crippen LogP contribution in [-0.4, -0.2) is 35.3 Å². The van der Waals surface area contributed by atoms with Crippen LogP contribution in [0.2, 0.25) is 0 Å². The van der Waals surface area contributed by atoms with Crippen LogP contribution < -0.4 is 0 Å². The van der Waals surface area contributed by atoms with E-state index in [9.17, 15) is 0 Å². The average molecular weight is 383 g/mol. The Balaban J connectivity index is 1.55. The Hall–Kier alpha value is -3.78. The van der Waals surface area contributed by atoms with Crippen LogP contribution in [0.3, 0.4) is 0 Å². The highest BCUT2D eigenvalue weighted by atomic mass is 32.1. The van der Waals surface area contributed by atoms with Crippen molar-refractivity contribution in [2.24, 2.45) is 0 Å². The minimum atomic E-state index is 0.719. The third kappa shape index (κ3) is 2.28. The van der Waals surface area contributed by atoms with Crippen LogP contribution >= 0.6 is 11.3 Å². The van der Waals surface area contributed by atoms with Gasteiger partial charge in [-0.1, -0.05) is 12.1 Å². The topological polar surface area (TPSA) is 98.9 Å². The molecule has 28 heavy (non-hydrogen) atoms. The summed E-state index contributed by atoms with van der Waals surface area (Å²) < 4.78 is 0. The summed E-state index contributed by atoms with van der Waals surface area (Å²) in [6.07, 6.45) is 5.49. The van der Waals surface area contributed by atoms with E-state index in [2.05, 4.69) is 42.5 Å². The molecule has 1 aromatic carbocycles. The summed E-state index contributed by atoms with van der Waals surface area (Å²) in [5.74, 6) is 0.719. The van der Waals surface area contributed by atoms with Crippen molar-refractivity contribution in [3.05, 3.63) is 60.4 Å². The zero-order valence-corrected chi connectivity index (χ0v) is 15.3. The minimum absolute atomic E-state index is 0.719. The number of H-pyrrole nitrogens is 3. The number of thiophene rings is 1. The van der Waals surface area contributed by atoms with Gasteiger partial charge >= 0.3 is 0 Å². The largest absolute Gasteiger partial charge is 0.336 e. The number of benzene rings is 1. The highest BCUT2D eigenvalue weighted by Gasteiger charge is 2.16. The van der Waals surface area contributed by atoms with E-state index >= 15 is 0 Å². The smallest absolute Gasteiger partial charge is 0.159 e. The second kappa shape index (κ2) is 5.86. The van der Waals surface area contributed by atoms with Crippen molar-refractivity contribution >= 4 is 33.3 Å². The standard InChI is InChI=1S/C20H13N7S/c1-2-16(28-7-1)19-18-15(5-6-21-19)24-20(25-18)17-13-8-11(12-9-22-23-10-12)3-4-14(13)26-27-17/h1-10H,(H,22,23)(H,24,25)(H,26,27). The van der Waals surface area contributed by atoms with Crippen LogP contribution in [0.1, 0.15) is 0 Å². The molecule has 7 nitrogen and oxygen atoms in total. The van der Waals surface area contributed by atoms with Gasteiger partial charge in [0.15, 0.2) is 5.82 Å². The number of nitrogens with one attached hydrogen (secondary N) is 3. The molecule has 0 aliphatic rings. The maximum absolute atomic E-state index is 4.84. The molecule has 6 rings (SSSR count). The summed E-state index contributed by atoms with van der Waals surface area (Å²) in [5, 5.41) is 17.6. The van der Waals surface area contributed by atoms with E-state index in [1.807, 2.05) is 35.8 Å². The Morgan fingerprint density at radius 1 is 0.964 bits per heavy atom. The molecule has 0 saturated heterocycles. The van der Waals surface area contributed by atoms with Crippen LogP contribution in [0.25, 0.3) is 55.2 Å². The van der Waals surface area contributed by atoms with Gasteiger partial charge < -0.3 is 4.98 Å². The molecule has 0 aliphatic carbocycles. The molecule has 0 aliphatic heterocycles. The molecule has 3 N–H and O–H groups in total. The fraction of sp³-hybridized carbons (Fsp3) is 0. The van der Waals surface area contributed by atoms with Crippen molar-refractivity contribution in [2.75, 3.05) is 0 Å². The Morgan fingerprint density at radius 2 is 1.96 bits per heavy atom. The Morgan fingerprint density at radius 3 is 2.82 bits per heavy atom. The van der Waals surface area contributed by atoms with Gasteiger partial charge in [0.2, 0.25) is 0 Å². The molecule has 0 saturated carbocycles. The van der Waals surface area contributed by atoms with Gasteiger partial charge in [0.25, 0.3) is 0 Å². The van der Waals surface area contributed by atoms with Gasteiger partial charge in [-0.25, -0.2) is 4.98 Å². The first kappa shape index (κ1) is 15.3. The number of rotatable bonds is 3. The molecule has 5 heterocycles. The minimum Gasteiger partial charge on any atom is -0.336 e. The Bertz CT molecular complexity index is 1410. The number of aromatic nitrogens is 7. The van der Waals surface area contributed by atoms with E-state index in [0.717, 1.165) is 55.2 Å². The van der Waals surface area contributed by atoms with Gasteiger partial charge in [-0.15, -0.1) is 11.3 Å². The summed E-state index contributed by atoms with van der Waals surface area (Å²) in [4.78, 5) is 13.9. The number of hydrogen-bond donors (Lipinski definition) is 3. The molecule has 8 heteroatoms. The van der Waals surface area contributed by atoms with Crippen LogP contribution in [0, 0.1) is 0 Å². The first-order valence-corrected chi connectivity index (χ1v) is 9.61. The van der Waals surface area contributed by atoms with Crippen molar-refractivity contribution in [3.8, 4) is 33.2 Å². The van der Waals surface area contributed by atoms with Crippen LogP contribution in [0.5, 0.6) is 0 Å². The van der Waals surface area contributed by atoms with Crippen molar-refractivity contribution in [2.45, 2.75) is 0 Å². The number of aromatic amines is 3. The zero-order chi connectivity index (χ0) is 18.5. The maximum atomic E-state index is 4.84. The third-order valence-electron chi connectivity index (χ3n) is 4.77. The lowest BCUT2D eigenvalue weighted by Gasteiger charge is -1.98. The van der Waals surface area contributed by atoms with E-state index in [4.69, 9.17) is 4.98 Å². The first-order valence-electron chi connectivity index (χ1n) is 8.73. The molecule has 0 bridgehead atoms. The number of imidazole rings is 1. The predicted octanol–water partition coefficient (Wildman–Crippen LogP) is 4.62. The van der Waals surface area contributed by atoms with Crippen molar-refractivity contribution in [3.63, 3.8) is 0 Å². The number of hydrogen-bond acceptors (Lipinski definition) is 5. The molecule has 0 unspecified atom stereocenters. The quantitative estimate of drug-likeness (QED) is 0.415. The summed E-state index contributed by atoms with van der Waals surface area (Å²) >= 11 is 1.65. The van der Waals surface area contributed by atoms with Crippen LogP contribution in [0.4, 0.5) is 0 Å². The fourth-order valence-corrected chi connectivity index (χ4v) is 4.15. The lowest BCUT2D eigenvalue weighted by atomic mass is 10.1. The van der Waals surface area contributed by atoms with Gasteiger partial charge in [0.05, 0.1) is 22.1 Å². The van der Waals surface area contributed by atoms with E-state index in [0.29, 0.717) is 0 Å². The van der Waals surface area contributed by atoms with Crippen LogP contribution in [0.15, 0.2) is 60.4 Å². The highest BCUT2D eigenvalue weighted by Crippen LogP contribution is 2.33. The van der Waals surface area contributed by atoms with Gasteiger partial charge in [-0.2, -0.15) is 10.2 Å². The molecule has 0 amide bonds. The molecule has 6 aromatic rings. The summed E-state index contributed by atoms with van der Waals surface area (Å²) in [6, 6.07) is 12.2. The lowest BCUT2D eigenvalue weighted by molar-refractivity contribution is 1.09. The number of fused-ring (bicyclic) bond motifs is 2. The van der Waals surface area contributed by atoms with Gasteiger partial charge in [-0.3, -0.25) is 15.2 Å². The fourth-order valence-electron chi connectivity index (χ4n) is 3.42. The maximum Gasteiger partial charge on any atom is 0.159 e. The third-order valence-corrected chi connectivity index (χ3v) is 5.65. The molecular weight excluding hydrogens is 370 g/mol. The van der Waals surface area contributed by atoms with Gasteiger partial charge in [0, 0.05) is 23.3 Å². The van der Waals surface area contributed by atoms with Gasteiger partial charge in [-0.05, 0) is 35.2 Å². The summed E-state index contributed by atoms with van der Waals surface area (Å²) in [5.41, 5.74) is 6.52. The van der Waals surface area contributed by atoms with Crippen molar-refractivity contribution in [1.82, 2.24) is 35.3 Å². The molecular formula is C20H13N7S. The SMILES string of the molecule is c1csc(-c2nccc3[nH]c(-c4n[nH]c5ccc(-c6cn[nH]c6)cc45)nc23)c1.